The van der Waals surface area contributed by atoms with Crippen molar-refractivity contribution in [3.8, 4) is 17.1 Å². The molecule has 1 amide bonds. The lowest BCUT2D eigenvalue weighted by molar-refractivity contribution is -0.134. The Morgan fingerprint density at radius 3 is 2.52 bits per heavy atom. The van der Waals surface area contributed by atoms with Crippen molar-refractivity contribution in [2.75, 3.05) is 19.5 Å². The third-order valence-electron chi connectivity index (χ3n) is 6.28. The first-order valence-electron chi connectivity index (χ1n) is 11.2. The van der Waals surface area contributed by atoms with Gasteiger partial charge in [-0.2, -0.15) is 0 Å². The second kappa shape index (κ2) is 10.0. The summed E-state index contributed by atoms with van der Waals surface area (Å²) < 4.78 is 13.3. The number of likely N-dealkylation sites (tertiary alicyclic amines) is 1. The van der Waals surface area contributed by atoms with Crippen LogP contribution in [0.15, 0.2) is 29.4 Å². The van der Waals surface area contributed by atoms with Gasteiger partial charge in [-0.1, -0.05) is 11.8 Å². The molecule has 3 heterocycles. The third kappa shape index (κ3) is 5.06. The van der Waals surface area contributed by atoms with Crippen molar-refractivity contribution in [1.29, 1.82) is 0 Å². The van der Waals surface area contributed by atoms with Gasteiger partial charge in [0.1, 0.15) is 5.75 Å². The van der Waals surface area contributed by atoms with Crippen LogP contribution >= 0.6 is 11.8 Å². The number of amides is 1. The summed E-state index contributed by atoms with van der Waals surface area (Å²) in [7, 11) is 1.66. The van der Waals surface area contributed by atoms with Crippen molar-refractivity contribution in [3.63, 3.8) is 0 Å². The van der Waals surface area contributed by atoms with Crippen LogP contribution in [0, 0.1) is 0 Å². The minimum atomic E-state index is 0.158. The van der Waals surface area contributed by atoms with Crippen LogP contribution in [-0.4, -0.2) is 63.2 Å². The van der Waals surface area contributed by atoms with Crippen LogP contribution in [0.25, 0.3) is 11.4 Å². The molecule has 1 aromatic heterocycles. The number of piperidine rings is 1. The zero-order chi connectivity index (χ0) is 21.8. The first kappa shape index (κ1) is 22.1. The number of thioether (sulfide) groups is 1. The molecule has 168 valence electrons. The van der Waals surface area contributed by atoms with Gasteiger partial charge in [-0.05, 0) is 70.2 Å². The maximum absolute atomic E-state index is 13.0. The maximum atomic E-state index is 13.0. The Balaban J connectivity index is 1.53. The minimum absolute atomic E-state index is 0.158. The van der Waals surface area contributed by atoms with Gasteiger partial charge in [-0.25, -0.2) is 0 Å². The summed E-state index contributed by atoms with van der Waals surface area (Å²) in [4.78, 5) is 15.1. The van der Waals surface area contributed by atoms with Gasteiger partial charge >= 0.3 is 0 Å². The molecule has 2 aromatic rings. The van der Waals surface area contributed by atoms with Gasteiger partial charge in [0, 0.05) is 24.3 Å². The summed E-state index contributed by atoms with van der Waals surface area (Å²) in [5.74, 6) is 2.16. The average molecular weight is 445 g/mol. The molecule has 4 rings (SSSR count). The van der Waals surface area contributed by atoms with Crippen molar-refractivity contribution in [2.45, 2.75) is 75.8 Å². The van der Waals surface area contributed by atoms with Gasteiger partial charge in [0.2, 0.25) is 5.91 Å². The van der Waals surface area contributed by atoms with Crippen molar-refractivity contribution >= 4 is 17.7 Å². The zero-order valence-electron chi connectivity index (χ0n) is 18.6. The number of hydrogen-bond donors (Lipinski definition) is 0. The fraction of sp³-hybridized carbons (Fsp3) is 0.609. The number of carbonyl (C=O) groups excluding carboxylic acids is 1. The molecule has 3 unspecified atom stereocenters. The molecule has 0 N–H and O–H groups in total. The van der Waals surface area contributed by atoms with Gasteiger partial charge in [0.05, 0.1) is 25.5 Å². The van der Waals surface area contributed by atoms with Crippen molar-refractivity contribution in [1.82, 2.24) is 19.7 Å². The van der Waals surface area contributed by atoms with Crippen molar-refractivity contribution < 1.29 is 14.3 Å². The maximum Gasteiger partial charge on any atom is 0.233 e. The van der Waals surface area contributed by atoms with Crippen LogP contribution in [-0.2, 0) is 16.1 Å². The fourth-order valence-corrected chi connectivity index (χ4v) is 5.44. The number of nitrogens with zero attached hydrogens (tertiary/aromatic N) is 4. The lowest BCUT2D eigenvalue weighted by Crippen LogP contribution is -2.48. The molecular weight excluding hydrogens is 412 g/mol. The standard InChI is InChI=1S/C23H32N4O3S/c1-16-6-4-7-17(2)27(16)21(28)15-31-23-25-24-22(18-9-11-19(29-3)12-10-18)26(23)14-20-8-5-13-30-20/h9-12,16-17,20H,4-8,13-15H2,1-3H3. The number of hydrogen-bond acceptors (Lipinski definition) is 6. The fourth-order valence-electron chi connectivity index (χ4n) is 4.62. The summed E-state index contributed by atoms with van der Waals surface area (Å²) in [5, 5.41) is 9.70. The monoisotopic (exact) mass is 444 g/mol. The van der Waals surface area contributed by atoms with Gasteiger partial charge in [-0.15, -0.1) is 10.2 Å². The molecule has 2 aliphatic rings. The predicted octanol–water partition coefficient (Wildman–Crippen LogP) is 4.01. The summed E-state index contributed by atoms with van der Waals surface area (Å²) >= 11 is 1.48. The number of aromatic nitrogens is 3. The van der Waals surface area contributed by atoms with Gasteiger partial charge in [0.15, 0.2) is 11.0 Å². The second-order valence-electron chi connectivity index (χ2n) is 8.50. The molecule has 0 radical (unpaired) electrons. The molecule has 0 aliphatic carbocycles. The molecule has 0 bridgehead atoms. The van der Waals surface area contributed by atoms with E-state index in [-0.39, 0.29) is 12.0 Å². The highest BCUT2D eigenvalue weighted by molar-refractivity contribution is 7.99. The normalized spacial score (nSPS) is 23.8. The van der Waals surface area contributed by atoms with Gasteiger partial charge in [0.25, 0.3) is 0 Å². The molecule has 2 aliphatic heterocycles. The summed E-state index contributed by atoms with van der Waals surface area (Å²) in [6, 6.07) is 8.44. The zero-order valence-corrected chi connectivity index (χ0v) is 19.4. The van der Waals surface area contributed by atoms with E-state index in [1.54, 1.807) is 7.11 Å². The van der Waals surface area contributed by atoms with Crippen molar-refractivity contribution in [3.05, 3.63) is 24.3 Å². The molecular formula is C23H32N4O3S. The van der Waals surface area contributed by atoms with Crippen LogP contribution < -0.4 is 4.74 Å². The van der Waals surface area contributed by atoms with Gasteiger partial charge < -0.3 is 14.4 Å². The van der Waals surface area contributed by atoms with Crippen LogP contribution in [0.1, 0.15) is 46.0 Å². The Labute approximate surface area is 188 Å². The highest BCUT2D eigenvalue weighted by Crippen LogP contribution is 2.29. The largest absolute Gasteiger partial charge is 0.497 e. The van der Waals surface area contributed by atoms with Crippen molar-refractivity contribution in [2.24, 2.45) is 0 Å². The number of ether oxygens (including phenoxy) is 2. The van der Waals surface area contributed by atoms with Gasteiger partial charge in [-0.3, -0.25) is 9.36 Å². The van der Waals surface area contributed by atoms with E-state index in [4.69, 9.17) is 9.47 Å². The quantitative estimate of drug-likeness (QED) is 0.601. The van der Waals surface area contributed by atoms with E-state index in [2.05, 4.69) is 33.5 Å². The lowest BCUT2D eigenvalue weighted by Gasteiger charge is -2.39. The Kier molecular flexibility index (Phi) is 7.17. The summed E-state index contributed by atoms with van der Waals surface area (Å²) in [5.41, 5.74) is 0.975. The predicted molar refractivity (Wildman–Crippen MR) is 121 cm³/mol. The molecule has 2 saturated heterocycles. The summed E-state index contributed by atoms with van der Waals surface area (Å²) in [6.45, 7) is 5.80. The molecule has 0 spiro atoms. The number of benzene rings is 1. The molecule has 7 nitrogen and oxygen atoms in total. The summed E-state index contributed by atoms with van der Waals surface area (Å²) in [6.07, 6.45) is 5.63. The first-order chi connectivity index (χ1) is 15.1. The molecule has 31 heavy (non-hydrogen) atoms. The molecule has 1 aromatic carbocycles. The Morgan fingerprint density at radius 1 is 1.13 bits per heavy atom. The van der Waals surface area contributed by atoms with Crippen LogP contribution in [0.3, 0.4) is 0 Å². The van der Waals surface area contributed by atoms with E-state index in [1.807, 2.05) is 24.3 Å². The van der Waals surface area contributed by atoms with E-state index < -0.39 is 0 Å². The Hall–Kier alpha value is -2.06. The Morgan fingerprint density at radius 2 is 1.87 bits per heavy atom. The van der Waals surface area contributed by atoms with Crippen LogP contribution in [0.4, 0.5) is 0 Å². The first-order valence-corrected chi connectivity index (χ1v) is 12.2. The molecule has 3 atom stereocenters. The second-order valence-corrected chi connectivity index (χ2v) is 9.44. The van der Waals surface area contributed by atoms with E-state index in [9.17, 15) is 4.79 Å². The van der Waals surface area contributed by atoms with E-state index >= 15 is 0 Å². The molecule has 2 fully saturated rings. The van der Waals surface area contributed by atoms with Crippen LogP contribution in [0.5, 0.6) is 5.75 Å². The third-order valence-corrected chi connectivity index (χ3v) is 7.23. The highest BCUT2D eigenvalue weighted by Gasteiger charge is 2.29. The topological polar surface area (TPSA) is 69.5 Å². The SMILES string of the molecule is COc1ccc(-c2nnc(SCC(=O)N3C(C)CCCC3C)n2CC2CCCO2)cc1. The molecule has 0 saturated carbocycles. The highest BCUT2D eigenvalue weighted by atomic mass is 32.2. The molecule has 8 heteroatoms. The average Bonchev–Trinajstić information content (AvgIpc) is 3.43. The Bertz CT molecular complexity index is 869. The number of methoxy groups -OCH3 is 1. The smallest absolute Gasteiger partial charge is 0.233 e. The van der Waals surface area contributed by atoms with E-state index in [0.29, 0.717) is 24.4 Å². The van der Waals surface area contributed by atoms with E-state index in [1.165, 1.54) is 18.2 Å². The number of rotatable bonds is 7. The minimum Gasteiger partial charge on any atom is -0.497 e. The number of carbonyl (C=O) groups is 1. The van der Waals surface area contributed by atoms with E-state index in [0.717, 1.165) is 54.6 Å². The van der Waals surface area contributed by atoms with Crippen LogP contribution in [0.2, 0.25) is 0 Å². The lowest BCUT2D eigenvalue weighted by atomic mass is 9.98.